The Morgan fingerprint density at radius 3 is 1.96 bits per heavy atom. The summed E-state index contributed by atoms with van der Waals surface area (Å²) in [6, 6.07) is 11.1. The monoisotopic (exact) mass is 314 g/mol. The van der Waals surface area contributed by atoms with Gasteiger partial charge in [-0.2, -0.15) is 0 Å². The topological polar surface area (TPSA) is 86.3 Å². The van der Waals surface area contributed by atoms with Crippen LogP contribution in [0.1, 0.15) is 11.1 Å². The maximum Gasteiger partial charge on any atom is 0.235 e. The Morgan fingerprint density at radius 1 is 0.783 bits per heavy atom. The average molecular weight is 314 g/mol. The highest BCUT2D eigenvalue weighted by molar-refractivity contribution is 5.77. The highest BCUT2D eigenvalue weighted by Crippen LogP contribution is 2.29. The molecule has 2 aromatic carbocycles. The Bertz CT molecular complexity index is 815. The van der Waals surface area contributed by atoms with E-state index in [9.17, 15) is 24.6 Å². The molecule has 6 nitrogen and oxygen atoms in total. The van der Waals surface area contributed by atoms with Gasteiger partial charge in [-0.15, -0.1) is 0 Å². The molecule has 0 radical (unpaired) electrons. The molecule has 0 saturated heterocycles. The minimum absolute atomic E-state index is 0.0623. The van der Waals surface area contributed by atoms with E-state index in [2.05, 4.69) is 0 Å². The van der Waals surface area contributed by atoms with Crippen LogP contribution < -0.4 is 0 Å². The van der Waals surface area contributed by atoms with Crippen LogP contribution in [-0.4, -0.2) is 9.85 Å². The molecule has 0 aliphatic rings. The first-order valence-corrected chi connectivity index (χ1v) is 6.50. The second kappa shape index (κ2) is 7.08. The molecular weight excluding hydrogens is 303 g/mol. The molecule has 0 unspecified atom stereocenters. The van der Waals surface area contributed by atoms with Gasteiger partial charge in [0.15, 0.2) is 0 Å². The van der Waals surface area contributed by atoms with E-state index in [0.717, 1.165) is 12.3 Å². The molecule has 0 aliphatic heterocycles. The molecule has 0 heterocycles. The van der Waals surface area contributed by atoms with Gasteiger partial charge in [-0.05, 0) is 11.1 Å². The number of rotatable bonds is 5. The standard InChI is InChI=1S/C16H11FN2O4/c17-16-13(9-11-19(22)23)5-3-7-15(16)14-6-2-1-4-12(14)8-10-18(20)21/h1-11H. The molecule has 0 saturated carbocycles. The summed E-state index contributed by atoms with van der Waals surface area (Å²) in [5.74, 6) is -0.632. The third-order valence-electron chi connectivity index (χ3n) is 3.03. The van der Waals surface area contributed by atoms with Crippen LogP contribution in [0.15, 0.2) is 54.9 Å². The van der Waals surface area contributed by atoms with E-state index in [0.29, 0.717) is 17.3 Å². The van der Waals surface area contributed by atoms with Crippen molar-refractivity contribution in [3.05, 3.63) is 92.0 Å². The Labute approximate surface area is 130 Å². The first kappa shape index (κ1) is 16.0. The van der Waals surface area contributed by atoms with Crippen LogP contribution in [0.25, 0.3) is 23.3 Å². The van der Waals surface area contributed by atoms with Gasteiger partial charge < -0.3 is 0 Å². The summed E-state index contributed by atoms with van der Waals surface area (Å²) in [5, 5.41) is 20.8. The first-order chi connectivity index (χ1) is 11.0. The van der Waals surface area contributed by atoms with Gasteiger partial charge in [-0.25, -0.2) is 4.39 Å². The van der Waals surface area contributed by atoms with Gasteiger partial charge >= 0.3 is 0 Å². The van der Waals surface area contributed by atoms with Gasteiger partial charge in [0.1, 0.15) is 5.82 Å². The van der Waals surface area contributed by atoms with Crippen LogP contribution in [0, 0.1) is 26.0 Å². The van der Waals surface area contributed by atoms with Gasteiger partial charge in [0.25, 0.3) is 0 Å². The molecule has 0 N–H and O–H groups in total. The van der Waals surface area contributed by atoms with Crippen molar-refractivity contribution in [3.8, 4) is 11.1 Å². The quantitative estimate of drug-likeness (QED) is 0.617. The van der Waals surface area contributed by atoms with E-state index in [4.69, 9.17) is 0 Å². The second-order valence-electron chi connectivity index (χ2n) is 4.50. The van der Waals surface area contributed by atoms with E-state index in [1.165, 1.54) is 18.2 Å². The Morgan fingerprint density at radius 2 is 1.30 bits per heavy atom. The fourth-order valence-corrected chi connectivity index (χ4v) is 2.06. The van der Waals surface area contributed by atoms with E-state index < -0.39 is 15.7 Å². The molecule has 0 aromatic heterocycles. The summed E-state index contributed by atoms with van der Waals surface area (Å²) in [5.41, 5.74) is 1.20. The summed E-state index contributed by atoms with van der Waals surface area (Å²) in [6.07, 6.45) is 3.76. The number of nitro groups is 2. The second-order valence-corrected chi connectivity index (χ2v) is 4.50. The summed E-state index contributed by atoms with van der Waals surface area (Å²) in [6.45, 7) is 0. The largest absolute Gasteiger partial charge is 0.259 e. The van der Waals surface area contributed by atoms with E-state index >= 15 is 0 Å². The van der Waals surface area contributed by atoms with Crippen molar-refractivity contribution in [1.82, 2.24) is 0 Å². The highest BCUT2D eigenvalue weighted by atomic mass is 19.1. The van der Waals surface area contributed by atoms with Gasteiger partial charge in [0.05, 0.1) is 9.85 Å². The van der Waals surface area contributed by atoms with Crippen molar-refractivity contribution in [1.29, 1.82) is 0 Å². The van der Waals surface area contributed by atoms with Gasteiger partial charge in [0.2, 0.25) is 12.4 Å². The lowest BCUT2D eigenvalue weighted by molar-refractivity contribution is -0.401. The molecule has 116 valence electrons. The number of hydrogen-bond acceptors (Lipinski definition) is 4. The first-order valence-electron chi connectivity index (χ1n) is 6.50. The normalized spacial score (nSPS) is 11.2. The number of benzene rings is 2. The summed E-state index contributed by atoms with van der Waals surface area (Å²) >= 11 is 0. The van der Waals surface area contributed by atoms with Crippen molar-refractivity contribution in [3.63, 3.8) is 0 Å². The zero-order chi connectivity index (χ0) is 16.8. The fraction of sp³-hybridized carbons (Fsp3) is 0. The third kappa shape index (κ3) is 4.07. The van der Waals surface area contributed by atoms with Crippen molar-refractivity contribution in [2.75, 3.05) is 0 Å². The number of nitrogens with zero attached hydrogens (tertiary/aromatic N) is 2. The average Bonchev–Trinajstić information content (AvgIpc) is 2.52. The zero-order valence-corrected chi connectivity index (χ0v) is 11.8. The Kier molecular flexibility index (Phi) is 4.93. The molecule has 2 rings (SSSR count). The zero-order valence-electron chi connectivity index (χ0n) is 11.8. The maximum atomic E-state index is 14.6. The molecular formula is C16H11FN2O4. The molecule has 0 spiro atoms. The van der Waals surface area contributed by atoms with Crippen LogP contribution >= 0.6 is 0 Å². The lowest BCUT2D eigenvalue weighted by Crippen LogP contribution is -1.92. The minimum atomic E-state index is -0.681. The van der Waals surface area contributed by atoms with Crippen LogP contribution in [0.5, 0.6) is 0 Å². The van der Waals surface area contributed by atoms with Gasteiger partial charge in [-0.1, -0.05) is 42.5 Å². The summed E-state index contributed by atoms with van der Waals surface area (Å²) < 4.78 is 14.6. The van der Waals surface area contributed by atoms with E-state index in [-0.39, 0.29) is 11.1 Å². The number of halogens is 1. The van der Waals surface area contributed by atoms with E-state index in [1.807, 2.05) is 0 Å². The van der Waals surface area contributed by atoms with Crippen molar-refractivity contribution >= 4 is 12.2 Å². The molecule has 0 fully saturated rings. The summed E-state index contributed by atoms with van der Waals surface area (Å²) in [7, 11) is 0. The predicted octanol–water partition coefficient (Wildman–Crippen LogP) is 3.99. The van der Waals surface area contributed by atoms with Crippen LogP contribution in [0.4, 0.5) is 4.39 Å². The number of hydrogen-bond donors (Lipinski definition) is 0. The lowest BCUT2D eigenvalue weighted by atomic mass is 9.97. The van der Waals surface area contributed by atoms with Crippen LogP contribution in [0.2, 0.25) is 0 Å². The lowest BCUT2D eigenvalue weighted by Gasteiger charge is -2.08. The molecule has 0 amide bonds. The third-order valence-corrected chi connectivity index (χ3v) is 3.03. The summed E-state index contributed by atoms with van der Waals surface area (Å²) in [4.78, 5) is 19.5. The van der Waals surface area contributed by atoms with Crippen LogP contribution in [-0.2, 0) is 0 Å². The predicted molar refractivity (Wildman–Crippen MR) is 83.9 cm³/mol. The Hall–Kier alpha value is -3.35. The van der Waals surface area contributed by atoms with Crippen LogP contribution in [0.3, 0.4) is 0 Å². The SMILES string of the molecule is O=[N+]([O-])C=Cc1ccccc1-c1cccc(C=C[N+](=O)[O-])c1F. The van der Waals surface area contributed by atoms with E-state index in [1.54, 1.807) is 30.3 Å². The molecule has 0 atom stereocenters. The molecule has 0 bridgehead atoms. The highest BCUT2D eigenvalue weighted by Gasteiger charge is 2.11. The van der Waals surface area contributed by atoms with Gasteiger partial charge in [0, 0.05) is 23.3 Å². The molecule has 2 aromatic rings. The smallest absolute Gasteiger partial charge is 0.235 e. The van der Waals surface area contributed by atoms with Gasteiger partial charge in [-0.3, -0.25) is 20.2 Å². The maximum absolute atomic E-state index is 14.6. The Balaban J connectivity index is 2.53. The molecule has 23 heavy (non-hydrogen) atoms. The minimum Gasteiger partial charge on any atom is -0.259 e. The van der Waals surface area contributed by atoms with Crippen molar-refractivity contribution in [2.24, 2.45) is 0 Å². The van der Waals surface area contributed by atoms with Crippen molar-refractivity contribution in [2.45, 2.75) is 0 Å². The molecule has 7 heteroatoms. The fourth-order valence-electron chi connectivity index (χ4n) is 2.06. The molecule has 0 aliphatic carbocycles. The van der Waals surface area contributed by atoms with Crippen molar-refractivity contribution < 1.29 is 14.2 Å².